The maximum atomic E-state index is 13.3. The van der Waals surface area contributed by atoms with Crippen molar-refractivity contribution in [3.63, 3.8) is 0 Å². The van der Waals surface area contributed by atoms with Crippen LogP contribution in [0, 0.1) is 5.82 Å². The number of benzene rings is 2. The lowest BCUT2D eigenvalue weighted by molar-refractivity contribution is -0.115. The van der Waals surface area contributed by atoms with E-state index in [1.54, 1.807) is 18.2 Å². The summed E-state index contributed by atoms with van der Waals surface area (Å²) in [7, 11) is 0. The molecule has 0 spiro atoms. The van der Waals surface area contributed by atoms with Crippen LogP contribution in [0.4, 0.5) is 10.1 Å². The van der Waals surface area contributed by atoms with Gasteiger partial charge in [0, 0.05) is 16.6 Å². The van der Waals surface area contributed by atoms with E-state index in [2.05, 4.69) is 5.32 Å². The van der Waals surface area contributed by atoms with E-state index in [9.17, 15) is 9.18 Å². The Bertz CT molecular complexity index is 860. The molecule has 0 radical (unpaired) electrons. The minimum Gasteiger partial charge on any atom is -0.464 e. The van der Waals surface area contributed by atoms with E-state index in [0.717, 1.165) is 0 Å². The van der Waals surface area contributed by atoms with Crippen LogP contribution < -0.4 is 5.32 Å². The van der Waals surface area contributed by atoms with Gasteiger partial charge in [0.25, 0.3) is 0 Å². The van der Waals surface area contributed by atoms with Gasteiger partial charge in [0.15, 0.2) is 0 Å². The molecule has 0 bridgehead atoms. The number of amides is 1. The highest BCUT2D eigenvalue weighted by Crippen LogP contribution is 2.26. The van der Waals surface area contributed by atoms with Crippen molar-refractivity contribution in [2.24, 2.45) is 0 Å². The lowest BCUT2D eigenvalue weighted by atomic mass is 10.1. The van der Waals surface area contributed by atoms with E-state index in [-0.39, 0.29) is 18.1 Å². The Morgan fingerprint density at radius 1 is 1.14 bits per heavy atom. The van der Waals surface area contributed by atoms with Crippen LogP contribution in [0.25, 0.3) is 11.0 Å². The van der Waals surface area contributed by atoms with Crippen molar-refractivity contribution in [1.29, 1.82) is 0 Å². The summed E-state index contributed by atoms with van der Waals surface area (Å²) in [6, 6.07) is 9.01. The molecule has 1 aromatic heterocycles. The Morgan fingerprint density at radius 3 is 2.73 bits per heavy atom. The smallest absolute Gasteiger partial charge is 0.228 e. The fourth-order valence-corrected chi connectivity index (χ4v) is 2.44. The number of hydrogen-bond acceptors (Lipinski definition) is 2. The third-order valence-corrected chi connectivity index (χ3v) is 3.91. The van der Waals surface area contributed by atoms with Crippen LogP contribution in [0.15, 0.2) is 47.1 Å². The first kappa shape index (κ1) is 14.9. The average Bonchev–Trinajstić information content (AvgIpc) is 2.85. The second kappa shape index (κ2) is 5.99. The van der Waals surface area contributed by atoms with Crippen molar-refractivity contribution in [2.75, 3.05) is 5.32 Å². The van der Waals surface area contributed by atoms with Gasteiger partial charge >= 0.3 is 0 Å². The summed E-state index contributed by atoms with van der Waals surface area (Å²) in [4.78, 5) is 12.1. The van der Waals surface area contributed by atoms with E-state index in [4.69, 9.17) is 27.6 Å². The zero-order chi connectivity index (χ0) is 15.7. The molecule has 0 saturated heterocycles. The summed E-state index contributed by atoms with van der Waals surface area (Å²) < 4.78 is 18.6. The fraction of sp³-hybridized carbons (Fsp3) is 0.0625. The molecule has 0 fully saturated rings. The molecule has 3 aromatic rings. The predicted molar refractivity (Wildman–Crippen MR) is 85.0 cm³/mol. The first-order valence-electron chi connectivity index (χ1n) is 6.43. The normalized spacial score (nSPS) is 10.9. The van der Waals surface area contributed by atoms with Gasteiger partial charge in [-0.05, 0) is 36.4 Å². The van der Waals surface area contributed by atoms with Crippen molar-refractivity contribution in [3.8, 4) is 0 Å². The van der Waals surface area contributed by atoms with Crippen molar-refractivity contribution in [2.45, 2.75) is 6.42 Å². The lowest BCUT2D eigenvalue weighted by Gasteiger charge is -2.05. The van der Waals surface area contributed by atoms with Gasteiger partial charge in [-0.15, -0.1) is 0 Å². The molecule has 22 heavy (non-hydrogen) atoms. The van der Waals surface area contributed by atoms with E-state index < -0.39 is 0 Å². The van der Waals surface area contributed by atoms with E-state index in [1.807, 2.05) is 0 Å². The predicted octanol–water partition coefficient (Wildman–Crippen LogP) is 5.06. The maximum absolute atomic E-state index is 13.3. The minimum absolute atomic E-state index is 0.0662. The molecule has 0 aliphatic heterocycles. The molecule has 0 aliphatic rings. The number of carbonyl (C=O) groups is 1. The Kier molecular flexibility index (Phi) is 4.05. The van der Waals surface area contributed by atoms with E-state index >= 15 is 0 Å². The second-order valence-corrected chi connectivity index (χ2v) is 5.57. The largest absolute Gasteiger partial charge is 0.464 e. The van der Waals surface area contributed by atoms with Crippen LogP contribution in [0.2, 0.25) is 10.0 Å². The maximum Gasteiger partial charge on any atom is 0.228 e. The number of hydrogen-bond donors (Lipinski definition) is 1. The number of anilines is 1. The van der Waals surface area contributed by atoms with Crippen LogP contribution in [-0.2, 0) is 11.2 Å². The number of nitrogens with one attached hydrogen (secondary N) is 1. The van der Waals surface area contributed by atoms with Crippen molar-refractivity contribution in [3.05, 3.63) is 64.1 Å². The molecular formula is C16H10Cl2FNO2. The summed E-state index contributed by atoms with van der Waals surface area (Å²) in [5.41, 5.74) is 1.70. The summed E-state index contributed by atoms with van der Waals surface area (Å²) in [6.07, 6.45) is 1.52. The minimum atomic E-state index is -0.375. The highest BCUT2D eigenvalue weighted by Gasteiger charge is 2.12. The van der Waals surface area contributed by atoms with Crippen molar-refractivity contribution >= 4 is 45.8 Å². The molecule has 0 saturated carbocycles. The Morgan fingerprint density at radius 2 is 1.95 bits per heavy atom. The highest BCUT2D eigenvalue weighted by molar-refractivity contribution is 6.42. The molecule has 3 nitrogen and oxygen atoms in total. The van der Waals surface area contributed by atoms with Gasteiger partial charge in [0.2, 0.25) is 5.91 Å². The average molecular weight is 338 g/mol. The van der Waals surface area contributed by atoms with Crippen LogP contribution in [0.3, 0.4) is 0 Å². The third kappa shape index (κ3) is 3.08. The molecule has 112 valence electrons. The van der Waals surface area contributed by atoms with Crippen LogP contribution in [-0.4, -0.2) is 5.91 Å². The van der Waals surface area contributed by atoms with Gasteiger partial charge in [-0.3, -0.25) is 4.79 Å². The molecule has 6 heteroatoms. The summed E-state index contributed by atoms with van der Waals surface area (Å²) in [6.45, 7) is 0. The van der Waals surface area contributed by atoms with Gasteiger partial charge < -0.3 is 9.73 Å². The molecule has 1 heterocycles. The van der Waals surface area contributed by atoms with Gasteiger partial charge in [-0.25, -0.2) is 4.39 Å². The lowest BCUT2D eigenvalue weighted by Crippen LogP contribution is -2.14. The molecule has 0 atom stereocenters. The molecule has 1 N–H and O–H groups in total. The first-order valence-corrected chi connectivity index (χ1v) is 7.19. The van der Waals surface area contributed by atoms with E-state index in [1.165, 1.54) is 24.5 Å². The Balaban J connectivity index is 1.78. The van der Waals surface area contributed by atoms with Gasteiger partial charge in [0.05, 0.1) is 22.7 Å². The Hall–Kier alpha value is -2.04. The van der Waals surface area contributed by atoms with Crippen molar-refractivity contribution < 1.29 is 13.6 Å². The number of furan rings is 1. The summed E-state index contributed by atoms with van der Waals surface area (Å²) in [5.74, 6) is -0.634. The quantitative estimate of drug-likeness (QED) is 0.725. The number of carbonyl (C=O) groups excluding carboxylic acids is 1. The monoisotopic (exact) mass is 337 g/mol. The van der Waals surface area contributed by atoms with Gasteiger partial charge in [-0.2, -0.15) is 0 Å². The standard InChI is InChI=1S/C16H10Cl2FNO2/c17-13-3-2-11(7-14(13)18)20-16(21)5-9-8-22-15-4-1-10(19)6-12(9)15/h1-4,6-8H,5H2,(H,20,21). The first-order chi connectivity index (χ1) is 10.5. The summed E-state index contributed by atoms with van der Waals surface area (Å²) >= 11 is 11.7. The third-order valence-electron chi connectivity index (χ3n) is 3.17. The Labute approximate surface area is 135 Å². The van der Waals surface area contributed by atoms with Gasteiger partial charge in [0.1, 0.15) is 11.4 Å². The molecule has 2 aromatic carbocycles. The molecule has 3 rings (SSSR count). The zero-order valence-electron chi connectivity index (χ0n) is 11.2. The SMILES string of the molecule is O=C(Cc1coc2ccc(F)cc12)Nc1ccc(Cl)c(Cl)c1. The number of halogens is 3. The molecule has 1 amide bonds. The summed E-state index contributed by atoms with van der Waals surface area (Å²) in [5, 5.41) is 4.07. The van der Waals surface area contributed by atoms with Crippen molar-refractivity contribution in [1.82, 2.24) is 0 Å². The van der Waals surface area contributed by atoms with E-state index in [0.29, 0.717) is 32.3 Å². The van der Waals surface area contributed by atoms with Crippen LogP contribution >= 0.6 is 23.2 Å². The van der Waals surface area contributed by atoms with Crippen LogP contribution in [0.1, 0.15) is 5.56 Å². The highest BCUT2D eigenvalue weighted by atomic mass is 35.5. The fourth-order valence-electron chi connectivity index (χ4n) is 2.14. The second-order valence-electron chi connectivity index (χ2n) is 4.76. The molecular weight excluding hydrogens is 328 g/mol. The van der Waals surface area contributed by atoms with Crippen LogP contribution in [0.5, 0.6) is 0 Å². The number of rotatable bonds is 3. The molecule has 0 unspecified atom stereocenters. The zero-order valence-corrected chi connectivity index (χ0v) is 12.7. The molecule has 0 aliphatic carbocycles. The van der Waals surface area contributed by atoms with Gasteiger partial charge in [-0.1, -0.05) is 23.2 Å². The topological polar surface area (TPSA) is 42.2 Å². The number of fused-ring (bicyclic) bond motifs is 1.